The predicted molar refractivity (Wildman–Crippen MR) is 166 cm³/mol. The molecular weight excluding hydrogens is 584 g/mol. The number of aromatic amines is 1. The molecule has 0 aliphatic heterocycles. The fourth-order valence-corrected chi connectivity index (χ4v) is 5.05. The number of nitrogens with one attached hydrogen (secondary N) is 1. The number of carbonyl (C=O) groups is 2. The molecule has 1 N–H and O–H groups in total. The van der Waals surface area contributed by atoms with Crippen molar-refractivity contribution in [2.75, 3.05) is 4.90 Å². The predicted octanol–water partition coefficient (Wildman–Crippen LogP) is 6.45. The number of ether oxygens (including phenoxy) is 2. The zero-order valence-electron chi connectivity index (χ0n) is 25.9. The molecule has 0 saturated heterocycles. The van der Waals surface area contributed by atoms with E-state index in [1.165, 1.54) is 18.3 Å². The number of amides is 2. The van der Waals surface area contributed by atoms with Crippen LogP contribution in [0, 0.1) is 0 Å². The van der Waals surface area contributed by atoms with E-state index in [9.17, 15) is 18.0 Å². The van der Waals surface area contributed by atoms with Gasteiger partial charge in [0.05, 0.1) is 27.7 Å². The Bertz CT molecular complexity index is 1730. The molecule has 0 unspecified atom stereocenters. The topological polar surface area (TPSA) is 157 Å². The SMILES string of the molecule is CC(C)S(=O)(=O)c1ccc(-c2cnc(N(C(=O)OC(C)(C)C)C(=O)OC(C)(C)C)c(-c3nn[nH]c3-c3ccccc3)n2)cc1. The lowest BCUT2D eigenvalue weighted by Gasteiger charge is -2.28. The Kier molecular flexibility index (Phi) is 8.91. The van der Waals surface area contributed by atoms with Crippen LogP contribution >= 0.6 is 0 Å². The Balaban J connectivity index is 1.94. The highest BCUT2D eigenvalue weighted by Gasteiger charge is 2.37. The van der Waals surface area contributed by atoms with Crippen molar-refractivity contribution in [1.82, 2.24) is 25.4 Å². The molecule has 2 aromatic carbocycles. The number of nitrogens with zero attached hydrogens (tertiary/aromatic N) is 5. The van der Waals surface area contributed by atoms with Gasteiger partial charge in [-0.2, -0.15) is 4.90 Å². The van der Waals surface area contributed by atoms with E-state index in [4.69, 9.17) is 14.5 Å². The fraction of sp³-hybridized carbons (Fsp3) is 0.355. The molecule has 44 heavy (non-hydrogen) atoms. The zero-order valence-corrected chi connectivity index (χ0v) is 26.8. The van der Waals surface area contributed by atoms with Gasteiger partial charge in [-0.3, -0.25) is 5.10 Å². The van der Waals surface area contributed by atoms with Crippen LogP contribution in [-0.2, 0) is 19.3 Å². The molecule has 4 aromatic rings. The summed E-state index contributed by atoms with van der Waals surface area (Å²) in [5, 5.41) is 10.5. The van der Waals surface area contributed by atoms with E-state index in [0.29, 0.717) is 21.9 Å². The molecule has 2 amide bonds. The van der Waals surface area contributed by atoms with Crippen LogP contribution in [0.4, 0.5) is 15.4 Å². The molecule has 13 heteroatoms. The van der Waals surface area contributed by atoms with Gasteiger partial charge in [0.15, 0.2) is 15.7 Å². The number of benzene rings is 2. The lowest BCUT2D eigenvalue weighted by molar-refractivity contribution is 0.0429. The van der Waals surface area contributed by atoms with Crippen LogP contribution in [0.2, 0.25) is 0 Å². The molecule has 12 nitrogen and oxygen atoms in total. The highest BCUT2D eigenvalue weighted by molar-refractivity contribution is 7.92. The Labute approximate surface area is 256 Å². The van der Waals surface area contributed by atoms with Crippen molar-refractivity contribution in [2.45, 2.75) is 76.7 Å². The van der Waals surface area contributed by atoms with Crippen molar-refractivity contribution in [3.8, 4) is 33.9 Å². The number of rotatable bonds is 6. The van der Waals surface area contributed by atoms with Gasteiger partial charge >= 0.3 is 12.2 Å². The summed E-state index contributed by atoms with van der Waals surface area (Å²) >= 11 is 0. The lowest BCUT2D eigenvalue weighted by atomic mass is 10.1. The van der Waals surface area contributed by atoms with Gasteiger partial charge in [-0.15, -0.1) is 5.10 Å². The third-order valence-corrected chi connectivity index (χ3v) is 8.22. The lowest BCUT2D eigenvalue weighted by Crippen LogP contribution is -2.44. The summed E-state index contributed by atoms with van der Waals surface area (Å²) in [5.74, 6) is -0.192. The highest BCUT2D eigenvalue weighted by atomic mass is 32.2. The van der Waals surface area contributed by atoms with Gasteiger partial charge in [0.25, 0.3) is 0 Å². The van der Waals surface area contributed by atoms with Crippen molar-refractivity contribution in [3.05, 3.63) is 60.8 Å². The normalized spacial score (nSPS) is 12.2. The van der Waals surface area contributed by atoms with E-state index < -0.39 is 38.5 Å². The van der Waals surface area contributed by atoms with E-state index in [2.05, 4.69) is 20.4 Å². The quantitative estimate of drug-likeness (QED) is 0.254. The van der Waals surface area contributed by atoms with Crippen molar-refractivity contribution in [3.63, 3.8) is 0 Å². The molecule has 2 aromatic heterocycles. The van der Waals surface area contributed by atoms with Crippen LogP contribution in [0.5, 0.6) is 0 Å². The molecule has 4 rings (SSSR count). The average molecular weight is 621 g/mol. The molecule has 0 bridgehead atoms. The summed E-state index contributed by atoms with van der Waals surface area (Å²) < 4.78 is 36.5. The van der Waals surface area contributed by atoms with Gasteiger partial charge in [-0.05, 0) is 67.5 Å². The van der Waals surface area contributed by atoms with E-state index >= 15 is 0 Å². The van der Waals surface area contributed by atoms with Gasteiger partial charge in [0.1, 0.15) is 22.6 Å². The number of hydrogen-bond donors (Lipinski definition) is 1. The maximum absolute atomic E-state index is 13.5. The first-order valence-corrected chi connectivity index (χ1v) is 15.5. The summed E-state index contributed by atoms with van der Waals surface area (Å²) in [7, 11) is -3.49. The van der Waals surface area contributed by atoms with Crippen LogP contribution < -0.4 is 4.90 Å². The summed E-state index contributed by atoms with van der Waals surface area (Å²) in [5.41, 5.74) is 0.381. The monoisotopic (exact) mass is 620 g/mol. The summed E-state index contributed by atoms with van der Waals surface area (Å²) in [6, 6.07) is 15.4. The van der Waals surface area contributed by atoms with Crippen molar-refractivity contribution < 1.29 is 27.5 Å². The van der Waals surface area contributed by atoms with Crippen molar-refractivity contribution in [1.29, 1.82) is 0 Å². The minimum absolute atomic E-state index is 0.0331. The van der Waals surface area contributed by atoms with Crippen molar-refractivity contribution >= 4 is 27.8 Å². The molecule has 0 fully saturated rings. The third-order valence-electron chi connectivity index (χ3n) is 6.05. The molecule has 0 aliphatic rings. The van der Waals surface area contributed by atoms with E-state index in [0.717, 1.165) is 5.56 Å². The number of carbonyl (C=O) groups excluding carboxylic acids is 2. The molecule has 2 heterocycles. The van der Waals surface area contributed by atoms with E-state index in [-0.39, 0.29) is 22.1 Å². The summed E-state index contributed by atoms with van der Waals surface area (Å²) in [4.78, 5) is 37.2. The Morgan fingerprint density at radius 3 is 1.91 bits per heavy atom. The number of H-pyrrole nitrogens is 1. The Morgan fingerprint density at radius 1 is 0.818 bits per heavy atom. The van der Waals surface area contributed by atoms with E-state index in [1.54, 1.807) is 67.5 Å². The first-order valence-electron chi connectivity index (χ1n) is 13.9. The average Bonchev–Trinajstić information content (AvgIpc) is 3.42. The van der Waals surface area contributed by atoms with Crippen LogP contribution in [0.25, 0.3) is 33.9 Å². The third kappa shape index (κ3) is 7.28. The van der Waals surface area contributed by atoms with Gasteiger partial charge in [-0.25, -0.2) is 28.0 Å². The molecule has 0 saturated carbocycles. The fourth-order valence-electron chi connectivity index (χ4n) is 3.99. The second-order valence-electron chi connectivity index (χ2n) is 12.2. The van der Waals surface area contributed by atoms with Gasteiger partial charge in [0, 0.05) is 11.1 Å². The second-order valence-corrected chi connectivity index (χ2v) is 14.7. The highest BCUT2D eigenvalue weighted by Crippen LogP contribution is 2.35. The molecule has 0 radical (unpaired) electrons. The molecule has 0 spiro atoms. The number of hydrogen-bond acceptors (Lipinski definition) is 10. The Hall–Kier alpha value is -4.65. The van der Waals surface area contributed by atoms with Gasteiger partial charge in [-0.1, -0.05) is 47.7 Å². The van der Waals surface area contributed by atoms with E-state index in [1.807, 2.05) is 30.3 Å². The smallest absolute Gasteiger partial charge is 0.425 e. The number of sulfone groups is 1. The first kappa shape index (κ1) is 32.3. The molecular formula is C31H36N6O6S. The Morgan fingerprint density at radius 2 is 1.39 bits per heavy atom. The van der Waals surface area contributed by atoms with Crippen LogP contribution in [0.3, 0.4) is 0 Å². The molecule has 232 valence electrons. The van der Waals surface area contributed by atoms with Crippen LogP contribution in [0.15, 0.2) is 65.7 Å². The summed E-state index contributed by atoms with van der Waals surface area (Å²) in [6.07, 6.45) is -0.680. The zero-order chi connectivity index (χ0) is 32.4. The molecule has 0 aliphatic carbocycles. The second kappa shape index (κ2) is 12.2. The largest absolute Gasteiger partial charge is 0.443 e. The number of aromatic nitrogens is 5. The number of imide groups is 1. The van der Waals surface area contributed by atoms with Crippen LogP contribution in [0.1, 0.15) is 55.4 Å². The van der Waals surface area contributed by atoms with Crippen molar-refractivity contribution in [2.24, 2.45) is 0 Å². The minimum Gasteiger partial charge on any atom is -0.443 e. The maximum Gasteiger partial charge on any atom is 0.425 e. The minimum atomic E-state index is -3.49. The van der Waals surface area contributed by atoms with Gasteiger partial charge < -0.3 is 9.47 Å². The first-order chi connectivity index (χ1) is 20.5. The standard InChI is InChI=1S/C31H36N6O6S/c1-19(2)44(40,41)22-16-14-20(15-17-22)23-18-32-27(37(28(38)42-30(3,4)5)29(39)43-31(6,7)8)26(33-23)25-24(34-36-35-25)21-12-10-9-11-13-21/h9-19H,1-8H3,(H,34,35,36). The summed E-state index contributed by atoms with van der Waals surface area (Å²) in [6.45, 7) is 13.2. The number of anilines is 1. The van der Waals surface area contributed by atoms with Crippen LogP contribution in [-0.4, -0.2) is 62.4 Å². The molecule has 0 atom stereocenters. The maximum atomic E-state index is 13.5. The van der Waals surface area contributed by atoms with Gasteiger partial charge in [0.2, 0.25) is 0 Å².